The van der Waals surface area contributed by atoms with E-state index in [1.807, 2.05) is 6.07 Å². The lowest BCUT2D eigenvalue weighted by Crippen LogP contribution is -2.63. The van der Waals surface area contributed by atoms with Crippen LogP contribution in [0, 0.1) is 11.8 Å². The van der Waals surface area contributed by atoms with Crippen molar-refractivity contribution in [3.05, 3.63) is 36.0 Å². The first-order valence-electron chi connectivity index (χ1n) is 26.4. The molecule has 9 amide bonds. The van der Waals surface area contributed by atoms with Crippen LogP contribution < -0.4 is 65.5 Å². The number of benzene rings is 1. The second kappa shape index (κ2) is 35.2. The number of carboxylic acids is 1. The fourth-order valence-electron chi connectivity index (χ4n) is 8.12. The van der Waals surface area contributed by atoms with Gasteiger partial charge in [-0.05, 0) is 107 Å². The summed E-state index contributed by atoms with van der Waals surface area (Å²) in [6.45, 7) is 7.58. The maximum Gasteiger partial charge on any atom is 0.326 e. The van der Waals surface area contributed by atoms with Gasteiger partial charge in [0.05, 0.1) is 12.7 Å². The maximum absolute atomic E-state index is 14.7. The molecule has 0 fully saturated rings. The standard InChI is InChI=1S/C51H85N13O13S/c1-7-28(4)41(49(74)64-42(29(5)66)50(75)60-36(18-19-39(55)67)47(72)62-40(27(2)3)51(76)77)63-48(73)38(24-30-25-56-33-15-9-8-14-31(30)33)61-46(71)37(20-23-78-6)59-45(70)35(17-11-13-22-53)58-44(69)34(16-10-12-21-52)57-43(68)32(54)26-65/h8-9,14-15,25,27-29,32,34-38,40-42,56,65-66H,7,10-13,16-24,26,52-54H2,1-6H3,(H2,55,67)(H,57,68)(H,58,69)(H,59,70)(H,60,75)(H,61,71)(H,62,72)(H,63,73)(H,64,74)(H,76,77). The van der Waals surface area contributed by atoms with Crippen molar-refractivity contribution in [2.45, 2.75) is 166 Å². The van der Waals surface area contributed by atoms with Crippen LogP contribution in [0.3, 0.4) is 0 Å². The molecular formula is C51H85N13O13S. The number of hydrogen-bond acceptors (Lipinski definition) is 16. The minimum Gasteiger partial charge on any atom is -0.480 e. The zero-order chi connectivity index (χ0) is 58.6. The van der Waals surface area contributed by atoms with Crippen LogP contribution in [0.15, 0.2) is 30.5 Å². The molecule has 0 saturated heterocycles. The van der Waals surface area contributed by atoms with E-state index in [9.17, 15) is 63.3 Å². The van der Waals surface area contributed by atoms with Gasteiger partial charge in [0.1, 0.15) is 54.4 Å². The normalized spacial score (nSPS) is 15.6. The van der Waals surface area contributed by atoms with Crippen molar-refractivity contribution >= 4 is 81.8 Å². The molecule has 1 heterocycles. The SMILES string of the molecule is CCC(C)C(NC(=O)C(Cc1c[nH]c2ccccc12)NC(=O)C(CCSC)NC(=O)C(CCCCN)NC(=O)C(CCCCN)NC(=O)C(N)CO)C(=O)NC(C(=O)NC(CCC(N)=O)C(=O)NC(C(=O)O)C(C)C)C(C)O. The molecule has 0 bridgehead atoms. The highest BCUT2D eigenvalue weighted by Crippen LogP contribution is 2.20. The number of thioether (sulfide) groups is 1. The van der Waals surface area contributed by atoms with Gasteiger partial charge in [-0.3, -0.25) is 43.2 Å². The molecule has 78 heavy (non-hydrogen) atoms. The Morgan fingerprint density at radius 1 is 0.615 bits per heavy atom. The van der Waals surface area contributed by atoms with E-state index in [4.69, 9.17) is 22.9 Å². The molecule has 0 saturated carbocycles. The number of para-hydroxylation sites is 1. The third kappa shape index (κ3) is 22.5. The summed E-state index contributed by atoms with van der Waals surface area (Å²) in [4.78, 5) is 138. The van der Waals surface area contributed by atoms with Crippen molar-refractivity contribution in [1.82, 2.24) is 47.5 Å². The Labute approximate surface area is 459 Å². The lowest BCUT2D eigenvalue weighted by atomic mass is 9.96. The predicted molar refractivity (Wildman–Crippen MR) is 293 cm³/mol. The van der Waals surface area contributed by atoms with Crippen LogP contribution in [-0.4, -0.2) is 172 Å². The number of amides is 9. The summed E-state index contributed by atoms with van der Waals surface area (Å²) in [5.74, 6) is -9.94. The van der Waals surface area contributed by atoms with Crippen molar-refractivity contribution in [3.63, 3.8) is 0 Å². The van der Waals surface area contributed by atoms with Gasteiger partial charge >= 0.3 is 5.97 Å². The third-order valence-corrected chi connectivity index (χ3v) is 13.7. The number of rotatable bonds is 38. The quantitative estimate of drug-likeness (QED) is 0.0306. The van der Waals surface area contributed by atoms with Gasteiger partial charge < -0.3 is 85.8 Å². The number of nitrogens with one attached hydrogen (secondary N) is 9. The lowest BCUT2D eigenvalue weighted by Gasteiger charge is -2.30. The second-order valence-electron chi connectivity index (χ2n) is 19.7. The highest BCUT2D eigenvalue weighted by Gasteiger charge is 2.38. The monoisotopic (exact) mass is 1120 g/mol. The Morgan fingerprint density at radius 3 is 1.58 bits per heavy atom. The van der Waals surface area contributed by atoms with Gasteiger partial charge in [-0.15, -0.1) is 0 Å². The van der Waals surface area contributed by atoms with Crippen molar-refractivity contribution in [3.8, 4) is 0 Å². The largest absolute Gasteiger partial charge is 0.480 e. The number of aliphatic hydroxyl groups excluding tert-OH is 2. The molecule has 26 nitrogen and oxygen atoms in total. The summed E-state index contributed by atoms with van der Waals surface area (Å²) in [5.41, 5.74) is 23.8. The average Bonchev–Trinajstić information content (AvgIpc) is 3.81. The summed E-state index contributed by atoms with van der Waals surface area (Å²) in [5, 5.41) is 51.4. The van der Waals surface area contributed by atoms with E-state index in [0.717, 1.165) is 10.9 Å². The average molecular weight is 1120 g/mol. The highest BCUT2D eigenvalue weighted by molar-refractivity contribution is 7.98. The number of nitrogens with two attached hydrogens (primary N) is 4. The summed E-state index contributed by atoms with van der Waals surface area (Å²) >= 11 is 1.38. The number of aromatic nitrogens is 1. The molecule has 438 valence electrons. The van der Waals surface area contributed by atoms with Crippen LogP contribution in [0.25, 0.3) is 10.9 Å². The molecule has 0 spiro atoms. The molecule has 2 rings (SSSR count). The van der Waals surface area contributed by atoms with Gasteiger partial charge in [0, 0.05) is 29.9 Å². The number of unbranched alkanes of at least 4 members (excludes halogenated alkanes) is 2. The number of carbonyl (C=O) groups excluding carboxylic acids is 9. The van der Waals surface area contributed by atoms with Crippen LogP contribution in [-0.2, 0) is 54.4 Å². The van der Waals surface area contributed by atoms with Crippen LogP contribution >= 0.6 is 11.8 Å². The Balaban J connectivity index is 2.56. The summed E-state index contributed by atoms with van der Waals surface area (Å²) in [7, 11) is 0. The highest BCUT2D eigenvalue weighted by atomic mass is 32.2. The van der Waals surface area contributed by atoms with Crippen molar-refractivity contribution in [2.24, 2.45) is 34.8 Å². The zero-order valence-electron chi connectivity index (χ0n) is 45.6. The number of carboxylic acid groups (broad SMARTS) is 1. The molecule has 0 aliphatic rings. The minimum absolute atomic E-state index is 0.0596. The number of hydrogen-bond donors (Lipinski definition) is 16. The fraction of sp³-hybridized carbons (Fsp3) is 0.647. The van der Waals surface area contributed by atoms with Crippen molar-refractivity contribution in [2.75, 3.05) is 31.7 Å². The van der Waals surface area contributed by atoms with E-state index in [0.29, 0.717) is 50.0 Å². The Bertz CT molecular complexity index is 2300. The number of aromatic amines is 1. The number of primary amides is 1. The molecule has 1 aromatic heterocycles. The van der Waals surface area contributed by atoms with E-state index in [2.05, 4.69) is 47.5 Å². The van der Waals surface area contributed by atoms with Crippen LogP contribution in [0.1, 0.15) is 104 Å². The Kier molecular flexibility index (Phi) is 30.5. The predicted octanol–water partition coefficient (Wildman–Crippen LogP) is -2.65. The molecule has 1 aromatic carbocycles. The number of H-pyrrole nitrogens is 1. The molecule has 0 aliphatic heterocycles. The van der Waals surface area contributed by atoms with Gasteiger partial charge in [-0.1, -0.05) is 52.3 Å². The van der Waals surface area contributed by atoms with Gasteiger partial charge in [0.2, 0.25) is 53.2 Å². The van der Waals surface area contributed by atoms with Crippen LogP contribution in [0.4, 0.5) is 0 Å². The third-order valence-electron chi connectivity index (χ3n) is 13.1. The van der Waals surface area contributed by atoms with Crippen LogP contribution in [0.5, 0.6) is 0 Å². The number of carbonyl (C=O) groups is 10. The molecule has 0 aliphatic carbocycles. The zero-order valence-corrected chi connectivity index (χ0v) is 46.4. The molecule has 11 unspecified atom stereocenters. The van der Waals surface area contributed by atoms with E-state index >= 15 is 0 Å². The maximum atomic E-state index is 14.7. The molecule has 2 aromatic rings. The molecule has 20 N–H and O–H groups in total. The molecule has 27 heteroatoms. The van der Waals surface area contributed by atoms with Gasteiger partial charge in [-0.2, -0.15) is 11.8 Å². The second-order valence-corrected chi connectivity index (χ2v) is 20.7. The first-order valence-corrected chi connectivity index (χ1v) is 27.8. The van der Waals surface area contributed by atoms with E-state index in [1.54, 1.807) is 58.3 Å². The fourth-order valence-corrected chi connectivity index (χ4v) is 8.60. The van der Waals surface area contributed by atoms with Crippen molar-refractivity contribution < 1.29 is 63.3 Å². The number of aliphatic hydroxyl groups is 2. The van der Waals surface area contributed by atoms with E-state index in [-0.39, 0.29) is 38.6 Å². The summed E-state index contributed by atoms with van der Waals surface area (Å²) < 4.78 is 0. The molecule has 0 radical (unpaired) electrons. The lowest BCUT2D eigenvalue weighted by molar-refractivity contribution is -0.144. The van der Waals surface area contributed by atoms with E-state index < -0.39 is 144 Å². The van der Waals surface area contributed by atoms with Gasteiger partial charge in [0.25, 0.3) is 0 Å². The molecular weight excluding hydrogens is 1030 g/mol. The summed E-state index contributed by atoms with van der Waals surface area (Å²) in [6, 6.07) is -5.28. The number of fused-ring (bicyclic) bond motifs is 1. The summed E-state index contributed by atoms with van der Waals surface area (Å²) in [6.07, 6.45) is 3.34. The minimum atomic E-state index is -1.76. The Hall–Kier alpha value is -6.39. The van der Waals surface area contributed by atoms with Crippen molar-refractivity contribution in [1.29, 1.82) is 0 Å². The van der Waals surface area contributed by atoms with E-state index in [1.165, 1.54) is 18.7 Å². The Morgan fingerprint density at radius 2 is 1.08 bits per heavy atom. The number of aliphatic carboxylic acids is 1. The van der Waals surface area contributed by atoms with Gasteiger partial charge in [0.15, 0.2) is 0 Å². The first-order chi connectivity index (χ1) is 36.9. The topological polar surface area (TPSA) is 447 Å². The smallest absolute Gasteiger partial charge is 0.326 e. The van der Waals surface area contributed by atoms with Gasteiger partial charge in [-0.25, -0.2) is 4.79 Å². The molecule has 11 atom stereocenters. The first kappa shape index (κ1) is 67.7. The van der Waals surface area contributed by atoms with Crippen LogP contribution in [0.2, 0.25) is 0 Å².